The van der Waals surface area contributed by atoms with Gasteiger partial charge in [-0.25, -0.2) is 9.97 Å². The largest absolute Gasteiger partial charge is 1.00 e. The number of rotatable bonds is 9. The van der Waals surface area contributed by atoms with Crippen molar-refractivity contribution in [3.8, 4) is 0 Å². The molecule has 3 aromatic rings. The molecule has 0 radical (unpaired) electrons. The Balaban J connectivity index is 0.00000289. The molecule has 1 aromatic carbocycles. The number of hydrogen-bond acceptors (Lipinski definition) is 12. The molecule has 15 heteroatoms. The Kier molecular flexibility index (Phi) is 11.6. The summed E-state index contributed by atoms with van der Waals surface area (Å²) >= 11 is 0. The second kappa shape index (κ2) is 13.4. The Morgan fingerprint density at radius 1 is 1.00 bits per heavy atom. The number of carboxylic acids is 2. The molecule has 2 heterocycles. The van der Waals surface area contributed by atoms with Crippen LogP contribution in [0.15, 0.2) is 30.5 Å². The van der Waals surface area contributed by atoms with Crippen LogP contribution in [-0.2, 0) is 16.1 Å². The van der Waals surface area contributed by atoms with Gasteiger partial charge in [-0.3, -0.25) is 4.79 Å². The Bertz CT molecular complexity index is 1180. The zero-order chi connectivity index (χ0) is 23.3. The van der Waals surface area contributed by atoms with E-state index in [1.54, 1.807) is 12.1 Å². The van der Waals surface area contributed by atoms with Gasteiger partial charge in [0.1, 0.15) is 0 Å². The van der Waals surface area contributed by atoms with Gasteiger partial charge in [-0.15, -0.1) is 0 Å². The first kappa shape index (κ1) is 29.5. The maximum absolute atomic E-state index is 12.2. The molecular weight excluding hydrogens is 466 g/mol. The molecule has 0 bridgehead atoms. The van der Waals surface area contributed by atoms with Crippen molar-refractivity contribution in [3.63, 3.8) is 0 Å². The van der Waals surface area contributed by atoms with Crippen molar-refractivity contribution in [2.75, 3.05) is 16.8 Å². The van der Waals surface area contributed by atoms with Gasteiger partial charge in [0, 0.05) is 17.2 Å². The fourth-order valence-corrected chi connectivity index (χ4v) is 2.75. The van der Waals surface area contributed by atoms with Crippen LogP contribution < -0.4 is 91.4 Å². The third-order valence-corrected chi connectivity index (χ3v) is 4.35. The number of aliphatic carboxylic acids is 2. The molecule has 0 aliphatic carbocycles. The van der Waals surface area contributed by atoms with E-state index in [0.717, 1.165) is 0 Å². The third-order valence-electron chi connectivity index (χ3n) is 4.35. The monoisotopic (exact) mass is 484 g/mol. The van der Waals surface area contributed by atoms with Crippen LogP contribution in [-0.4, -0.2) is 43.8 Å². The van der Waals surface area contributed by atoms with E-state index >= 15 is 0 Å². The molecule has 2 aromatic heterocycles. The van der Waals surface area contributed by atoms with E-state index in [0.29, 0.717) is 16.9 Å². The molecule has 0 spiro atoms. The number of aromatic nitrogens is 4. The van der Waals surface area contributed by atoms with Gasteiger partial charge in [-0.2, -0.15) is 9.97 Å². The van der Waals surface area contributed by atoms with Crippen molar-refractivity contribution in [1.82, 2.24) is 25.3 Å². The first-order chi connectivity index (χ1) is 15.2. The number of anilines is 3. The van der Waals surface area contributed by atoms with E-state index in [-0.39, 0.29) is 95.1 Å². The van der Waals surface area contributed by atoms with Crippen molar-refractivity contribution < 1.29 is 83.7 Å². The molecule has 1 unspecified atom stereocenters. The van der Waals surface area contributed by atoms with Crippen molar-refractivity contribution in [2.45, 2.75) is 25.4 Å². The topological polar surface area (TPSA) is 225 Å². The number of carbonyl (C=O) groups excluding carboxylic acids is 3. The van der Waals surface area contributed by atoms with Crippen LogP contribution in [0, 0.1) is 0 Å². The summed E-state index contributed by atoms with van der Waals surface area (Å²) < 4.78 is 0. The van der Waals surface area contributed by atoms with Crippen LogP contribution in [0.25, 0.3) is 11.2 Å². The molecule has 0 saturated carbocycles. The number of nitrogens with two attached hydrogens (primary N) is 2. The van der Waals surface area contributed by atoms with Crippen LogP contribution >= 0.6 is 0 Å². The summed E-state index contributed by atoms with van der Waals surface area (Å²) in [6, 6.07) is 4.72. The molecule has 0 aliphatic rings. The summed E-state index contributed by atoms with van der Waals surface area (Å²) in [4.78, 5) is 50.2. The fourth-order valence-electron chi connectivity index (χ4n) is 2.75. The minimum absolute atomic E-state index is 0. The molecule has 0 fully saturated rings. The Labute approximate surface area is 237 Å². The number of fused-ring (bicyclic) bond motifs is 1. The van der Waals surface area contributed by atoms with Crippen molar-refractivity contribution in [1.29, 1.82) is 0 Å². The summed E-state index contributed by atoms with van der Waals surface area (Å²) in [5.74, 6) is -3.56. The minimum atomic E-state index is -1.58. The summed E-state index contributed by atoms with van der Waals surface area (Å²) in [7, 11) is 0. The van der Waals surface area contributed by atoms with E-state index in [2.05, 4.69) is 30.6 Å². The van der Waals surface area contributed by atoms with Gasteiger partial charge in [0.25, 0.3) is 5.91 Å². The quantitative estimate of drug-likeness (QED) is 0.208. The van der Waals surface area contributed by atoms with Crippen molar-refractivity contribution >= 4 is 46.5 Å². The second-order valence-electron chi connectivity index (χ2n) is 6.69. The Hall–Kier alpha value is -2.55. The van der Waals surface area contributed by atoms with E-state index in [1.165, 1.54) is 18.3 Å². The van der Waals surface area contributed by atoms with E-state index < -0.39 is 30.3 Å². The number of hydrogen-bond donors (Lipinski definition) is 4. The number of nitrogen functional groups attached to an aromatic ring is 2. The van der Waals surface area contributed by atoms with Crippen molar-refractivity contribution in [3.05, 3.63) is 41.7 Å². The van der Waals surface area contributed by atoms with Gasteiger partial charge in [0.05, 0.1) is 30.4 Å². The van der Waals surface area contributed by atoms with Crippen LogP contribution in [0.4, 0.5) is 17.5 Å². The average Bonchev–Trinajstić information content (AvgIpc) is 2.75. The van der Waals surface area contributed by atoms with Gasteiger partial charge in [-0.05, 0) is 37.1 Å². The standard InChI is InChI=1S/C19H20N8O5.2Na/c20-15-14-16(27-19(21)26-15)23-8-11(24-14)7-22-10-3-1-9(2-4-10)17(30)25-12(18(31)32)5-6-13(28)29;;/h1-4,8,12,22H,5-7H2,(H,25,30)(H,28,29)(H,31,32)(H4,20,21,23,26,27);;/q;2*+1/p-2. The SMILES string of the molecule is Nc1nc(N)c2nc(CNc3ccc(C(=O)NC(CCC(=O)[O-])C(=O)[O-])cc3)cnc2n1.[Na+].[Na+]. The van der Waals surface area contributed by atoms with Gasteiger partial charge < -0.3 is 41.9 Å². The normalized spacial score (nSPS) is 10.9. The van der Waals surface area contributed by atoms with Crippen LogP contribution in [0.3, 0.4) is 0 Å². The van der Waals surface area contributed by atoms with E-state index in [1.807, 2.05) is 0 Å². The first-order valence-electron chi connectivity index (χ1n) is 9.33. The Morgan fingerprint density at radius 3 is 2.29 bits per heavy atom. The minimum Gasteiger partial charge on any atom is -0.550 e. The molecular formula is C19H18N8Na2O5. The summed E-state index contributed by atoms with van der Waals surface area (Å²) in [6.07, 6.45) is 0.644. The summed E-state index contributed by atoms with van der Waals surface area (Å²) in [5.41, 5.74) is 13.3. The molecule has 3 rings (SSSR count). The predicted molar refractivity (Wildman–Crippen MR) is 108 cm³/mol. The predicted octanol–water partition coefficient (Wildman–Crippen LogP) is -8.42. The summed E-state index contributed by atoms with van der Waals surface area (Å²) in [5, 5.41) is 26.9. The number of benzene rings is 1. The molecule has 0 aliphatic heterocycles. The van der Waals surface area contributed by atoms with Gasteiger partial charge >= 0.3 is 59.1 Å². The number of amides is 1. The molecule has 1 atom stereocenters. The molecule has 13 nitrogen and oxygen atoms in total. The fraction of sp³-hybridized carbons (Fsp3) is 0.211. The van der Waals surface area contributed by atoms with Crippen molar-refractivity contribution in [2.24, 2.45) is 0 Å². The number of carboxylic acid groups (broad SMARTS) is 2. The van der Waals surface area contributed by atoms with Gasteiger partial charge in [0.2, 0.25) is 5.95 Å². The van der Waals surface area contributed by atoms with Crippen LogP contribution in [0.2, 0.25) is 0 Å². The zero-order valence-corrected chi connectivity index (χ0v) is 22.6. The third kappa shape index (κ3) is 8.04. The molecule has 166 valence electrons. The van der Waals surface area contributed by atoms with E-state index in [4.69, 9.17) is 11.5 Å². The average molecular weight is 484 g/mol. The molecule has 0 saturated heterocycles. The number of nitrogens with zero attached hydrogens (tertiary/aromatic N) is 4. The molecule has 6 N–H and O–H groups in total. The Morgan fingerprint density at radius 2 is 1.68 bits per heavy atom. The number of carbonyl (C=O) groups is 3. The molecule has 1 amide bonds. The zero-order valence-electron chi connectivity index (χ0n) is 18.6. The van der Waals surface area contributed by atoms with E-state index in [9.17, 15) is 24.6 Å². The van der Waals surface area contributed by atoms with Gasteiger partial charge in [0.15, 0.2) is 17.0 Å². The second-order valence-corrected chi connectivity index (χ2v) is 6.69. The molecule has 34 heavy (non-hydrogen) atoms. The van der Waals surface area contributed by atoms with Gasteiger partial charge in [-0.1, -0.05) is 0 Å². The van der Waals surface area contributed by atoms with Crippen LogP contribution in [0.5, 0.6) is 0 Å². The smallest absolute Gasteiger partial charge is 0.550 e. The maximum atomic E-state index is 12.2. The first-order valence-corrected chi connectivity index (χ1v) is 9.33. The maximum Gasteiger partial charge on any atom is 1.00 e. The van der Waals surface area contributed by atoms with Crippen LogP contribution in [0.1, 0.15) is 28.9 Å². The summed E-state index contributed by atoms with van der Waals surface area (Å²) in [6.45, 7) is 0.286. The number of nitrogens with one attached hydrogen (secondary N) is 2.